The van der Waals surface area contributed by atoms with Gasteiger partial charge in [0.2, 0.25) is 5.91 Å². The van der Waals surface area contributed by atoms with E-state index >= 15 is 0 Å². The van der Waals surface area contributed by atoms with E-state index in [1.54, 1.807) is 7.11 Å². The highest BCUT2D eigenvalue weighted by atomic mass is 16.5. The number of amides is 1. The van der Waals surface area contributed by atoms with E-state index in [0.717, 1.165) is 43.0 Å². The summed E-state index contributed by atoms with van der Waals surface area (Å²) in [7, 11) is 1.64. The van der Waals surface area contributed by atoms with Crippen LogP contribution in [0.15, 0.2) is 18.2 Å². The molecule has 0 spiro atoms. The van der Waals surface area contributed by atoms with Crippen LogP contribution in [-0.2, 0) is 11.3 Å². The zero-order chi connectivity index (χ0) is 15.8. The molecule has 5 heteroatoms. The Hall–Kier alpha value is -1.75. The molecule has 1 aliphatic rings. The van der Waals surface area contributed by atoms with E-state index < -0.39 is 0 Å². The molecule has 1 fully saturated rings. The first-order valence-corrected chi connectivity index (χ1v) is 8.02. The summed E-state index contributed by atoms with van der Waals surface area (Å²) in [6.07, 6.45) is 3.48. The maximum Gasteiger partial charge on any atom is 0.236 e. The first-order valence-electron chi connectivity index (χ1n) is 8.02. The third-order valence-electron chi connectivity index (χ3n) is 3.87. The van der Waals surface area contributed by atoms with Crippen LogP contribution in [0.3, 0.4) is 0 Å². The van der Waals surface area contributed by atoms with E-state index in [-0.39, 0.29) is 5.91 Å². The normalized spacial score (nSPS) is 14.7. The minimum atomic E-state index is 0.186. The van der Waals surface area contributed by atoms with Gasteiger partial charge in [0.1, 0.15) is 11.5 Å². The van der Waals surface area contributed by atoms with Crippen molar-refractivity contribution in [1.29, 1.82) is 0 Å². The van der Waals surface area contributed by atoms with Crippen molar-refractivity contribution in [2.75, 3.05) is 33.4 Å². The second kappa shape index (κ2) is 8.63. The number of nitrogens with zero attached hydrogens (tertiary/aromatic N) is 1. The molecule has 1 heterocycles. The number of nitrogens with one attached hydrogen (secondary N) is 1. The van der Waals surface area contributed by atoms with Crippen molar-refractivity contribution in [3.05, 3.63) is 23.8 Å². The first kappa shape index (κ1) is 16.6. The molecule has 0 saturated carbocycles. The van der Waals surface area contributed by atoms with Crippen molar-refractivity contribution in [3.63, 3.8) is 0 Å². The van der Waals surface area contributed by atoms with Crippen LogP contribution in [0.2, 0.25) is 0 Å². The van der Waals surface area contributed by atoms with E-state index in [4.69, 9.17) is 9.47 Å². The number of methoxy groups -OCH3 is 1. The monoisotopic (exact) mass is 306 g/mol. The number of hydrogen-bond acceptors (Lipinski definition) is 4. The fourth-order valence-electron chi connectivity index (χ4n) is 2.66. The number of piperidine rings is 1. The summed E-state index contributed by atoms with van der Waals surface area (Å²) >= 11 is 0. The predicted octanol–water partition coefficient (Wildman–Crippen LogP) is 2.20. The highest BCUT2D eigenvalue weighted by molar-refractivity contribution is 5.78. The molecule has 22 heavy (non-hydrogen) atoms. The zero-order valence-electron chi connectivity index (χ0n) is 13.6. The number of carbonyl (C=O) groups excluding carboxylic acids is 1. The molecule has 0 unspecified atom stereocenters. The number of rotatable bonds is 7. The van der Waals surface area contributed by atoms with Gasteiger partial charge in [-0.15, -0.1) is 0 Å². The second-order valence-corrected chi connectivity index (χ2v) is 5.45. The molecule has 0 aromatic heterocycles. The third kappa shape index (κ3) is 4.63. The Bertz CT molecular complexity index is 485. The van der Waals surface area contributed by atoms with Gasteiger partial charge in [-0.25, -0.2) is 0 Å². The lowest BCUT2D eigenvalue weighted by atomic mass is 10.1. The fraction of sp³-hybridized carbons (Fsp3) is 0.588. The van der Waals surface area contributed by atoms with Crippen LogP contribution in [0.4, 0.5) is 0 Å². The molecule has 1 aromatic carbocycles. The van der Waals surface area contributed by atoms with Gasteiger partial charge in [0.15, 0.2) is 0 Å². The summed E-state index contributed by atoms with van der Waals surface area (Å²) in [5.74, 6) is 1.77. The Morgan fingerprint density at radius 3 is 2.73 bits per heavy atom. The summed E-state index contributed by atoms with van der Waals surface area (Å²) < 4.78 is 10.9. The van der Waals surface area contributed by atoms with Crippen molar-refractivity contribution < 1.29 is 14.3 Å². The molecule has 0 aliphatic carbocycles. The van der Waals surface area contributed by atoms with Gasteiger partial charge < -0.3 is 19.7 Å². The standard InChI is InChI=1S/C17H26N2O3/c1-3-22-16-11-15(21-2)8-7-14(16)12-18-13-17(20)19-9-5-4-6-10-19/h7-8,11,18H,3-6,9-10,12-13H2,1-2H3. The predicted molar refractivity (Wildman–Crippen MR) is 86.3 cm³/mol. The van der Waals surface area contributed by atoms with Crippen molar-refractivity contribution in [1.82, 2.24) is 10.2 Å². The van der Waals surface area contributed by atoms with Crippen LogP contribution in [0.5, 0.6) is 11.5 Å². The van der Waals surface area contributed by atoms with E-state index in [1.807, 2.05) is 30.0 Å². The molecule has 0 radical (unpaired) electrons. The Morgan fingerprint density at radius 1 is 1.27 bits per heavy atom. The molecule has 0 bridgehead atoms. The number of carbonyl (C=O) groups is 1. The van der Waals surface area contributed by atoms with Crippen LogP contribution in [-0.4, -0.2) is 44.2 Å². The van der Waals surface area contributed by atoms with E-state index in [1.165, 1.54) is 6.42 Å². The molecule has 122 valence electrons. The summed E-state index contributed by atoms with van der Waals surface area (Å²) in [4.78, 5) is 14.1. The van der Waals surface area contributed by atoms with Gasteiger partial charge in [-0.05, 0) is 32.3 Å². The lowest BCUT2D eigenvalue weighted by Crippen LogP contribution is -2.41. The minimum absolute atomic E-state index is 0.186. The van der Waals surface area contributed by atoms with E-state index in [9.17, 15) is 4.79 Å². The Kier molecular flexibility index (Phi) is 6.52. The highest BCUT2D eigenvalue weighted by Crippen LogP contribution is 2.24. The lowest BCUT2D eigenvalue weighted by Gasteiger charge is -2.26. The zero-order valence-corrected chi connectivity index (χ0v) is 13.6. The smallest absolute Gasteiger partial charge is 0.236 e. The van der Waals surface area contributed by atoms with Crippen LogP contribution in [0.1, 0.15) is 31.7 Å². The SMILES string of the molecule is CCOc1cc(OC)ccc1CNCC(=O)N1CCCCC1. The van der Waals surface area contributed by atoms with E-state index in [0.29, 0.717) is 19.7 Å². The Balaban J connectivity index is 1.86. The molecule has 1 aliphatic heterocycles. The second-order valence-electron chi connectivity index (χ2n) is 5.45. The summed E-state index contributed by atoms with van der Waals surface area (Å²) in [5.41, 5.74) is 1.04. The Labute approximate surface area is 132 Å². The van der Waals surface area contributed by atoms with Crippen LogP contribution in [0, 0.1) is 0 Å². The van der Waals surface area contributed by atoms with Crippen LogP contribution >= 0.6 is 0 Å². The van der Waals surface area contributed by atoms with Gasteiger partial charge in [0, 0.05) is 31.3 Å². The number of ether oxygens (including phenoxy) is 2. The van der Waals surface area contributed by atoms with Crippen LogP contribution in [0.25, 0.3) is 0 Å². The summed E-state index contributed by atoms with van der Waals surface area (Å²) in [5, 5.41) is 3.22. The van der Waals surface area contributed by atoms with Crippen molar-refractivity contribution >= 4 is 5.91 Å². The molecule has 1 aromatic rings. The van der Waals surface area contributed by atoms with Gasteiger partial charge in [-0.3, -0.25) is 4.79 Å². The molecule has 1 saturated heterocycles. The van der Waals surface area contributed by atoms with Crippen molar-refractivity contribution in [2.45, 2.75) is 32.7 Å². The van der Waals surface area contributed by atoms with Gasteiger partial charge in [0.25, 0.3) is 0 Å². The highest BCUT2D eigenvalue weighted by Gasteiger charge is 2.16. The lowest BCUT2D eigenvalue weighted by molar-refractivity contribution is -0.131. The molecule has 2 rings (SSSR count). The van der Waals surface area contributed by atoms with Crippen LogP contribution < -0.4 is 14.8 Å². The van der Waals surface area contributed by atoms with E-state index in [2.05, 4.69) is 5.32 Å². The maximum absolute atomic E-state index is 12.1. The maximum atomic E-state index is 12.1. The average Bonchev–Trinajstić information content (AvgIpc) is 2.57. The fourth-order valence-corrected chi connectivity index (χ4v) is 2.66. The Morgan fingerprint density at radius 2 is 2.05 bits per heavy atom. The van der Waals surface area contributed by atoms with Crippen molar-refractivity contribution in [2.24, 2.45) is 0 Å². The summed E-state index contributed by atoms with van der Waals surface area (Å²) in [6, 6.07) is 5.77. The quantitative estimate of drug-likeness (QED) is 0.839. The largest absolute Gasteiger partial charge is 0.497 e. The molecule has 1 amide bonds. The van der Waals surface area contributed by atoms with Gasteiger partial charge in [-0.1, -0.05) is 6.07 Å². The van der Waals surface area contributed by atoms with Gasteiger partial charge in [0.05, 0.1) is 20.3 Å². The molecule has 1 N–H and O–H groups in total. The number of benzene rings is 1. The summed E-state index contributed by atoms with van der Waals surface area (Å²) in [6.45, 7) is 5.33. The van der Waals surface area contributed by atoms with Gasteiger partial charge in [-0.2, -0.15) is 0 Å². The minimum Gasteiger partial charge on any atom is -0.497 e. The first-order chi connectivity index (χ1) is 10.7. The number of hydrogen-bond donors (Lipinski definition) is 1. The average molecular weight is 306 g/mol. The van der Waals surface area contributed by atoms with Crippen molar-refractivity contribution in [3.8, 4) is 11.5 Å². The molecular formula is C17H26N2O3. The molecular weight excluding hydrogens is 280 g/mol. The number of likely N-dealkylation sites (tertiary alicyclic amines) is 1. The topological polar surface area (TPSA) is 50.8 Å². The third-order valence-corrected chi connectivity index (χ3v) is 3.87. The van der Waals surface area contributed by atoms with Gasteiger partial charge >= 0.3 is 0 Å². The molecule has 0 atom stereocenters. The molecule has 5 nitrogen and oxygen atoms in total.